The molecule has 3 heterocycles. The van der Waals surface area contributed by atoms with Crippen molar-refractivity contribution in [2.24, 2.45) is 0 Å². The Kier molecular flexibility index (Phi) is 8.71. The number of rotatable bonds is 10. The number of sulfonamides is 1. The van der Waals surface area contributed by atoms with Gasteiger partial charge in [-0.05, 0) is 48.7 Å². The van der Waals surface area contributed by atoms with E-state index in [-0.39, 0.29) is 17.2 Å². The summed E-state index contributed by atoms with van der Waals surface area (Å²) < 4.78 is 36.1. The Morgan fingerprint density at radius 2 is 1.82 bits per heavy atom. The highest BCUT2D eigenvalue weighted by atomic mass is 35.5. The molecule has 212 valence electrons. The van der Waals surface area contributed by atoms with Crippen molar-refractivity contribution in [1.82, 2.24) is 24.8 Å². The summed E-state index contributed by atoms with van der Waals surface area (Å²) in [6, 6.07) is 10.8. The van der Waals surface area contributed by atoms with Gasteiger partial charge in [-0.3, -0.25) is 19.5 Å². The molecule has 1 saturated heterocycles. The molecule has 5 rings (SSSR count). The monoisotopic (exact) mass is 603 g/mol. The molecule has 10 nitrogen and oxygen atoms in total. The maximum absolute atomic E-state index is 13.8. The number of methoxy groups -OCH3 is 1. The van der Waals surface area contributed by atoms with Gasteiger partial charge in [0.15, 0.2) is 0 Å². The molecule has 1 aliphatic carbocycles. The molecule has 2 fully saturated rings. The van der Waals surface area contributed by atoms with Gasteiger partial charge in [0.2, 0.25) is 15.9 Å². The molecule has 2 amide bonds. The van der Waals surface area contributed by atoms with Gasteiger partial charge in [-0.1, -0.05) is 23.7 Å². The van der Waals surface area contributed by atoms with E-state index in [9.17, 15) is 18.0 Å². The minimum atomic E-state index is -4.26. The molecule has 40 heavy (non-hydrogen) atoms. The first kappa shape index (κ1) is 28.5. The van der Waals surface area contributed by atoms with Gasteiger partial charge in [0.05, 0.1) is 16.3 Å². The number of pyridine rings is 1. The minimum Gasteiger partial charge on any atom is -0.495 e. The van der Waals surface area contributed by atoms with Gasteiger partial charge < -0.3 is 15.0 Å². The summed E-state index contributed by atoms with van der Waals surface area (Å²) >= 11 is 7.07. The van der Waals surface area contributed by atoms with Crippen LogP contribution in [-0.4, -0.2) is 86.9 Å². The number of para-hydroxylation sites is 1. The fraction of sp³-hybridized carbons (Fsp3) is 0.370. The topological polar surface area (TPSA) is 121 Å². The maximum Gasteiger partial charge on any atom is 0.261 e. The van der Waals surface area contributed by atoms with Crippen LogP contribution >= 0.6 is 22.9 Å². The van der Waals surface area contributed by atoms with E-state index in [0.717, 1.165) is 30.0 Å². The first-order valence-electron chi connectivity index (χ1n) is 12.9. The fourth-order valence-corrected chi connectivity index (χ4v) is 7.15. The summed E-state index contributed by atoms with van der Waals surface area (Å²) in [4.78, 5) is 34.7. The van der Waals surface area contributed by atoms with E-state index >= 15 is 0 Å². The molecule has 2 aliphatic rings. The van der Waals surface area contributed by atoms with Crippen molar-refractivity contribution < 1.29 is 22.7 Å². The van der Waals surface area contributed by atoms with Crippen LogP contribution in [0.15, 0.2) is 59.8 Å². The number of hydrogen-bond acceptors (Lipinski definition) is 8. The number of amides is 2. The minimum absolute atomic E-state index is 0.114. The molecule has 0 unspecified atom stereocenters. The van der Waals surface area contributed by atoms with E-state index in [1.165, 1.54) is 26.0 Å². The molecule has 2 aromatic heterocycles. The highest BCUT2D eigenvalue weighted by Gasteiger charge is 2.36. The molecular formula is C27H30ClN5O5S2. The molecule has 1 aromatic carbocycles. The predicted octanol–water partition coefficient (Wildman–Crippen LogP) is 2.86. The number of nitrogens with one attached hydrogen (secondary N) is 2. The summed E-state index contributed by atoms with van der Waals surface area (Å²) in [7, 11) is -2.86. The Morgan fingerprint density at radius 1 is 1.10 bits per heavy atom. The van der Waals surface area contributed by atoms with Crippen LogP contribution in [0, 0.1) is 0 Å². The molecule has 1 saturated carbocycles. The average Bonchev–Trinajstić information content (AvgIpc) is 3.74. The smallest absolute Gasteiger partial charge is 0.261 e. The molecule has 3 aromatic rings. The second kappa shape index (κ2) is 12.2. The number of carbonyl (C=O) groups excluding carboxylic acids is 2. The number of piperazine rings is 1. The van der Waals surface area contributed by atoms with Gasteiger partial charge in [-0.25, -0.2) is 8.42 Å². The van der Waals surface area contributed by atoms with Crippen molar-refractivity contribution in [2.45, 2.75) is 29.8 Å². The Bertz CT molecular complexity index is 1470. The number of hydrogen-bond donors (Lipinski definition) is 2. The van der Waals surface area contributed by atoms with E-state index in [1.807, 2.05) is 0 Å². The number of halogens is 1. The quantitative estimate of drug-likeness (QED) is 0.366. The van der Waals surface area contributed by atoms with Crippen LogP contribution in [0.3, 0.4) is 0 Å². The molecular weight excluding hydrogens is 574 g/mol. The SMILES string of the molecule is COc1c(-c2ccncc2)cccc1S(=O)(=O)N[C@@H](CNC(=O)c1ccc(Cl)s1)C(=O)N1CCN(C2CC2)CC1. The summed E-state index contributed by atoms with van der Waals surface area (Å²) in [5, 5.41) is 2.70. The largest absolute Gasteiger partial charge is 0.495 e. The molecule has 1 aliphatic heterocycles. The van der Waals surface area contributed by atoms with Crippen LogP contribution in [0.2, 0.25) is 4.34 Å². The van der Waals surface area contributed by atoms with Crippen molar-refractivity contribution in [3.63, 3.8) is 0 Å². The predicted molar refractivity (Wildman–Crippen MR) is 153 cm³/mol. The molecule has 0 bridgehead atoms. The van der Waals surface area contributed by atoms with Crippen LogP contribution in [0.4, 0.5) is 0 Å². The van der Waals surface area contributed by atoms with Gasteiger partial charge in [0, 0.05) is 56.7 Å². The van der Waals surface area contributed by atoms with Crippen molar-refractivity contribution in [1.29, 1.82) is 0 Å². The van der Waals surface area contributed by atoms with Crippen LogP contribution in [0.1, 0.15) is 22.5 Å². The molecule has 2 N–H and O–H groups in total. The second-order valence-electron chi connectivity index (χ2n) is 9.65. The van der Waals surface area contributed by atoms with Crippen molar-refractivity contribution in [2.75, 3.05) is 39.8 Å². The van der Waals surface area contributed by atoms with Crippen LogP contribution in [0.5, 0.6) is 5.75 Å². The lowest BCUT2D eigenvalue weighted by molar-refractivity contribution is -0.134. The van der Waals surface area contributed by atoms with Gasteiger partial charge in [0.1, 0.15) is 16.7 Å². The molecule has 0 spiro atoms. The summed E-state index contributed by atoms with van der Waals surface area (Å²) in [6.45, 7) is 2.21. The highest BCUT2D eigenvalue weighted by Crippen LogP contribution is 2.35. The highest BCUT2D eigenvalue weighted by molar-refractivity contribution is 7.89. The zero-order valence-electron chi connectivity index (χ0n) is 21.9. The first-order valence-corrected chi connectivity index (χ1v) is 15.6. The Labute approximate surface area is 242 Å². The Hall–Kier alpha value is -3.03. The number of aromatic nitrogens is 1. The summed E-state index contributed by atoms with van der Waals surface area (Å²) in [6.07, 6.45) is 5.57. The summed E-state index contributed by atoms with van der Waals surface area (Å²) in [5.74, 6) is -0.694. The molecule has 0 radical (unpaired) electrons. The zero-order valence-corrected chi connectivity index (χ0v) is 24.3. The number of carbonyl (C=O) groups is 2. The maximum atomic E-state index is 13.8. The average molecular weight is 604 g/mol. The second-order valence-corrected chi connectivity index (χ2v) is 13.1. The zero-order chi connectivity index (χ0) is 28.3. The van der Waals surface area contributed by atoms with Gasteiger partial charge in [0.25, 0.3) is 5.91 Å². The lowest BCUT2D eigenvalue weighted by Gasteiger charge is -2.36. The third-order valence-electron chi connectivity index (χ3n) is 7.01. The standard InChI is InChI=1S/C27H30ClN5O5S2/c1-38-25-20(18-9-11-29-12-10-18)3-2-4-23(25)40(36,37)31-21(17-30-26(34)22-7-8-24(28)39-22)27(35)33-15-13-32(14-16-33)19-5-6-19/h2-4,7-12,19,21,31H,5-6,13-17H2,1H3,(H,30,34)/t21-/m0/s1. The number of ether oxygens (including phenoxy) is 1. The lowest BCUT2D eigenvalue weighted by atomic mass is 10.1. The van der Waals surface area contributed by atoms with Gasteiger partial charge in [-0.15, -0.1) is 11.3 Å². The lowest BCUT2D eigenvalue weighted by Crippen LogP contribution is -2.57. The van der Waals surface area contributed by atoms with Crippen LogP contribution in [0.25, 0.3) is 11.1 Å². The van der Waals surface area contributed by atoms with Crippen molar-refractivity contribution >= 4 is 44.8 Å². The number of nitrogens with zero attached hydrogens (tertiary/aromatic N) is 3. The third kappa shape index (κ3) is 6.47. The number of thiophene rings is 1. The normalized spacial score (nSPS) is 16.9. The molecule has 13 heteroatoms. The first-order chi connectivity index (χ1) is 19.3. The van der Waals surface area contributed by atoms with Crippen molar-refractivity contribution in [3.8, 4) is 16.9 Å². The van der Waals surface area contributed by atoms with E-state index in [2.05, 4.69) is 19.9 Å². The van der Waals surface area contributed by atoms with Crippen LogP contribution in [-0.2, 0) is 14.8 Å². The van der Waals surface area contributed by atoms with E-state index in [0.29, 0.717) is 33.9 Å². The summed E-state index contributed by atoms with van der Waals surface area (Å²) in [5.41, 5.74) is 1.29. The van der Waals surface area contributed by atoms with E-state index in [4.69, 9.17) is 16.3 Å². The van der Waals surface area contributed by atoms with E-state index < -0.39 is 27.9 Å². The number of benzene rings is 1. The Balaban J connectivity index is 1.39. The van der Waals surface area contributed by atoms with Gasteiger partial charge >= 0.3 is 0 Å². The Morgan fingerprint density at radius 3 is 2.45 bits per heavy atom. The van der Waals surface area contributed by atoms with Crippen molar-refractivity contribution in [3.05, 3.63) is 64.1 Å². The van der Waals surface area contributed by atoms with E-state index in [1.54, 1.807) is 53.7 Å². The van der Waals surface area contributed by atoms with Crippen LogP contribution < -0.4 is 14.8 Å². The molecule has 1 atom stereocenters. The van der Waals surface area contributed by atoms with Gasteiger partial charge in [-0.2, -0.15) is 4.72 Å². The third-order valence-corrected chi connectivity index (χ3v) is 9.74. The fourth-order valence-electron chi connectivity index (χ4n) is 4.81.